The lowest BCUT2D eigenvalue weighted by atomic mass is 10.2. The first-order valence-electron chi connectivity index (χ1n) is 5.35. The molecule has 0 aliphatic carbocycles. The maximum atomic E-state index is 11.0. The monoisotopic (exact) mass is 261 g/mol. The summed E-state index contributed by atoms with van der Waals surface area (Å²) < 4.78 is 0. The molecule has 0 saturated heterocycles. The van der Waals surface area contributed by atoms with Crippen LogP contribution in [-0.4, -0.2) is 26.3 Å². The van der Waals surface area contributed by atoms with Crippen LogP contribution in [0.25, 0.3) is 0 Å². The first-order valence-corrected chi connectivity index (χ1v) is 5.35. The van der Waals surface area contributed by atoms with Crippen molar-refractivity contribution in [3.63, 3.8) is 0 Å². The van der Waals surface area contributed by atoms with E-state index in [1.54, 1.807) is 19.1 Å². The van der Waals surface area contributed by atoms with Gasteiger partial charge in [-0.1, -0.05) is 0 Å². The van der Waals surface area contributed by atoms with Gasteiger partial charge in [0.05, 0.1) is 11.3 Å². The minimum Gasteiger partial charge on any atom is -0.478 e. The van der Waals surface area contributed by atoms with E-state index in [0.29, 0.717) is 17.2 Å². The van der Waals surface area contributed by atoms with Gasteiger partial charge < -0.3 is 5.11 Å². The van der Waals surface area contributed by atoms with Crippen molar-refractivity contribution in [2.45, 2.75) is 6.92 Å². The second-order valence-corrected chi connectivity index (χ2v) is 3.71. The van der Waals surface area contributed by atoms with E-state index in [1.165, 1.54) is 12.1 Å². The number of aryl methyl sites for hydroxylation is 1. The summed E-state index contributed by atoms with van der Waals surface area (Å²) in [7, 11) is 0. The minimum atomic E-state index is -0.990. The highest BCUT2D eigenvalue weighted by Gasteiger charge is 2.03. The molecular formula is C11H11N5O3. The third-order valence-corrected chi connectivity index (χ3v) is 2.33. The smallest absolute Gasteiger partial charge is 0.363 e. The van der Waals surface area contributed by atoms with Crippen LogP contribution in [0, 0.1) is 6.92 Å². The fraction of sp³-hybridized carbons (Fsp3) is 0.0909. The van der Waals surface area contributed by atoms with E-state index in [4.69, 9.17) is 5.11 Å². The topological polar surface area (TPSA) is 120 Å². The highest BCUT2D eigenvalue weighted by atomic mass is 16.4. The molecule has 0 spiro atoms. The average molecular weight is 261 g/mol. The van der Waals surface area contributed by atoms with E-state index < -0.39 is 11.7 Å². The van der Waals surface area contributed by atoms with E-state index in [1.807, 2.05) is 0 Å². The van der Waals surface area contributed by atoms with Gasteiger partial charge >= 0.3 is 11.7 Å². The zero-order valence-corrected chi connectivity index (χ0v) is 9.97. The van der Waals surface area contributed by atoms with Gasteiger partial charge in [-0.25, -0.2) is 14.7 Å². The van der Waals surface area contributed by atoms with E-state index in [0.717, 1.165) is 0 Å². The lowest BCUT2D eigenvalue weighted by Gasteiger charge is -2.09. The van der Waals surface area contributed by atoms with Gasteiger partial charge in [-0.3, -0.25) is 10.9 Å². The lowest BCUT2D eigenvalue weighted by molar-refractivity contribution is 0.0697. The van der Waals surface area contributed by atoms with Gasteiger partial charge in [0.1, 0.15) is 5.69 Å². The Kier molecular flexibility index (Phi) is 3.42. The van der Waals surface area contributed by atoms with E-state index >= 15 is 0 Å². The summed E-state index contributed by atoms with van der Waals surface area (Å²) in [5.74, 6) is -0.693. The maximum absolute atomic E-state index is 11.0. The van der Waals surface area contributed by atoms with Crippen molar-refractivity contribution in [3.8, 4) is 0 Å². The Hall–Kier alpha value is -2.90. The first-order chi connectivity index (χ1) is 9.06. The number of aromatic carboxylic acids is 1. The van der Waals surface area contributed by atoms with Crippen LogP contribution in [0.4, 0.5) is 11.5 Å². The molecule has 19 heavy (non-hydrogen) atoms. The molecule has 0 fully saturated rings. The van der Waals surface area contributed by atoms with Crippen LogP contribution in [0.15, 0.2) is 29.1 Å². The number of hydrogen-bond donors (Lipinski definition) is 4. The predicted molar refractivity (Wildman–Crippen MR) is 68.0 cm³/mol. The van der Waals surface area contributed by atoms with Gasteiger partial charge in [0, 0.05) is 0 Å². The van der Waals surface area contributed by atoms with Crippen LogP contribution < -0.4 is 16.5 Å². The number of rotatable bonds is 4. The summed E-state index contributed by atoms with van der Waals surface area (Å²) in [5.41, 5.74) is 6.31. The van der Waals surface area contributed by atoms with Crippen LogP contribution in [-0.2, 0) is 0 Å². The quantitative estimate of drug-likeness (QED) is 0.595. The number of aromatic amines is 1. The molecule has 1 heterocycles. The Morgan fingerprint density at radius 1 is 1.26 bits per heavy atom. The average Bonchev–Trinajstić information content (AvgIpc) is 2.40. The zero-order valence-electron chi connectivity index (χ0n) is 9.97. The Labute approximate surface area is 107 Å². The molecule has 0 unspecified atom stereocenters. The highest BCUT2D eigenvalue weighted by Crippen LogP contribution is 2.10. The van der Waals surface area contributed by atoms with Crippen molar-refractivity contribution in [1.29, 1.82) is 0 Å². The van der Waals surface area contributed by atoms with Crippen LogP contribution in [0.2, 0.25) is 0 Å². The minimum absolute atomic E-state index is 0.192. The van der Waals surface area contributed by atoms with Crippen LogP contribution in [0.5, 0.6) is 0 Å². The molecule has 0 aliphatic heterocycles. The molecule has 4 N–H and O–H groups in total. The van der Waals surface area contributed by atoms with Crippen LogP contribution >= 0.6 is 0 Å². The van der Waals surface area contributed by atoms with Crippen LogP contribution in [0.3, 0.4) is 0 Å². The number of anilines is 2. The SMILES string of the molecule is Cc1n[nH]c(=O)nc1NNc1ccc(C(=O)O)cc1. The number of carboxylic acid groups (broad SMARTS) is 1. The molecule has 1 aromatic heterocycles. The van der Waals surface area contributed by atoms with Crippen molar-refractivity contribution >= 4 is 17.5 Å². The van der Waals surface area contributed by atoms with E-state index in [9.17, 15) is 9.59 Å². The van der Waals surface area contributed by atoms with E-state index in [2.05, 4.69) is 26.0 Å². The fourth-order valence-corrected chi connectivity index (χ4v) is 1.34. The van der Waals surface area contributed by atoms with Crippen molar-refractivity contribution in [1.82, 2.24) is 15.2 Å². The van der Waals surface area contributed by atoms with Gasteiger partial charge in [-0.05, 0) is 31.2 Å². The van der Waals surface area contributed by atoms with Gasteiger partial charge in [0.15, 0.2) is 5.82 Å². The van der Waals surface area contributed by atoms with Gasteiger partial charge in [0.25, 0.3) is 0 Å². The number of carboxylic acids is 1. The van der Waals surface area contributed by atoms with Crippen molar-refractivity contribution < 1.29 is 9.90 Å². The Bertz CT molecular complexity index is 650. The molecule has 2 rings (SSSR count). The second kappa shape index (κ2) is 5.17. The number of hydrogen-bond acceptors (Lipinski definition) is 6. The number of benzene rings is 1. The Morgan fingerprint density at radius 3 is 2.58 bits per heavy atom. The number of hydrazine groups is 1. The number of nitrogens with zero attached hydrogens (tertiary/aromatic N) is 2. The second-order valence-electron chi connectivity index (χ2n) is 3.71. The normalized spacial score (nSPS) is 9.95. The van der Waals surface area contributed by atoms with Crippen LogP contribution in [0.1, 0.15) is 16.1 Å². The molecule has 0 aliphatic rings. The van der Waals surface area contributed by atoms with E-state index in [-0.39, 0.29) is 5.56 Å². The largest absolute Gasteiger partial charge is 0.478 e. The Morgan fingerprint density at radius 2 is 1.95 bits per heavy atom. The number of H-pyrrole nitrogens is 1. The maximum Gasteiger partial charge on any atom is 0.363 e. The zero-order chi connectivity index (χ0) is 13.8. The summed E-state index contributed by atoms with van der Waals surface area (Å²) in [6.07, 6.45) is 0. The lowest BCUT2D eigenvalue weighted by Crippen LogP contribution is -2.19. The standard InChI is InChI=1S/C11H11N5O3/c1-6-9(12-11(19)16-13-6)15-14-8-4-2-7(3-5-8)10(17)18/h2-5,14H,1H3,(H,17,18)(H2,12,15,16,19). The van der Waals surface area contributed by atoms with Crippen molar-refractivity contribution in [3.05, 3.63) is 46.0 Å². The third-order valence-electron chi connectivity index (χ3n) is 2.33. The molecule has 8 heteroatoms. The number of nitrogens with one attached hydrogen (secondary N) is 3. The number of carbonyl (C=O) groups is 1. The van der Waals surface area contributed by atoms with Crippen molar-refractivity contribution in [2.75, 3.05) is 10.9 Å². The molecule has 2 aromatic rings. The fourth-order valence-electron chi connectivity index (χ4n) is 1.34. The summed E-state index contributed by atoms with van der Waals surface area (Å²) >= 11 is 0. The summed E-state index contributed by atoms with van der Waals surface area (Å²) in [6, 6.07) is 6.10. The molecule has 98 valence electrons. The van der Waals surface area contributed by atoms with Gasteiger partial charge in [-0.2, -0.15) is 10.1 Å². The molecule has 0 atom stereocenters. The third kappa shape index (κ3) is 3.06. The summed E-state index contributed by atoms with van der Waals surface area (Å²) in [5, 5.41) is 14.7. The predicted octanol–water partition coefficient (Wildman–Crippen LogP) is 0.611. The number of aromatic nitrogens is 3. The summed E-state index contributed by atoms with van der Waals surface area (Å²) in [4.78, 5) is 25.4. The molecular weight excluding hydrogens is 250 g/mol. The summed E-state index contributed by atoms with van der Waals surface area (Å²) in [6.45, 7) is 1.68. The molecule has 0 amide bonds. The molecule has 1 aromatic carbocycles. The molecule has 8 nitrogen and oxygen atoms in total. The Balaban J connectivity index is 2.08. The molecule has 0 bridgehead atoms. The first kappa shape index (κ1) is 12.6. The van der Waals surface area contributed by atoms with Gasteiger partial charge in [-0.15, -0.1) is 0 Å². The molecule has 0 radical (unpaired) electrons. The van der Waals surface area contributed by atoms with Crippen molar-refractivity contribution in [2.24, 2.45) is 0 Å². The highest BCUT2D eigenvalue weighted by molar-refractivity contribution is 5.88. The van der Waals surface area contributed by atoms with Gasteiger partial charge in [0.2, 0.25) is 0 Å². The molecule has 0 saturated carbocycles.